The molecule has 0 aliphatic heterocycles. The van der Waals surface area contributed by atoms with E-state index in [1.165, 1.54) is 11.8 Å². The molecule has 0 spiro atoms. The van der Waals surface area contributed by atoms with Crippen molar-refractivity contribution in [1.82, 2.24) is 0 Å². The lowest BCUT2D eigenvalue weighted by atomic mass is 10.0. The van der Waals surface area contributed by atoms with Crippen LogP contribution in [-0.4, -0.2) is 15.0 Å². The number of hydrogen-bond acceptors (Lipinski definition) is 4. The van der Waals surface area contributed by atoms with Gasteiger partial charge >= 0.3 is 0 Å². The van der Waals surface area contributed by atoms with Crippen molar-refractivity contribution in [2.45, 2.75) is 51.8 Å². The number of aromatic hydroxyl groups is 1. The van der Waals surface area contributed by atoms with Crippen LogP contribution in [0.2, 0.25) is 0 Å². The van der Waals surface area contributed by atoms with Crippen molar-refractivity contribution in [3.63, 3.8) is 0 Å². The number of rotatable bonds is 5. The predicted octanol–water partition coefficient (Wildman–Crippen LogP) is 5.61. The van der Waals surface area contributed by atoms with Gasteiger partial charge in [-0.25, -0.2) is 0 Å². The number of carbonyl (C=O) groups excluding carboxylic acids is 1. The average molecular weight is 358 g/mol. The van der Waals surface area contributed by atoms with Crippen LogP contribution in [0, 0.1) is 13.8 Å². The van der Waals surface area contributed by atoms with Crippen LogP contribution in [0.25, 0.3) is 0 Å². The molecule has 0 saturated carbocycles. The summed E-state index contributed by atoms with van der Waals surface area (Å²) in [6, 6.07) is 13.6. The van der Waals surface area contributed by atoms with Gasteiger partial charge in [-0.2, -0.15) is 0 Å². The summed E-state index contributed by atoms with van der Waals surface area (Å²) in [5, 5.41) is 13.9. The lowest BCUT2D eigenvalue weighted by Gasteiger charge is -2.23. The normalized spacial score (nSPS) is 12.7. The molecule has 0 saturated heterocycles. The highest BCUT2D eigenvalue weighted by Crippen LogP contribution is 2.35. The first kappa shape index (κ1) is 19.4. The first-order valence-electron chi connectivity index (χ1n) is 8.49. The first-order chi connectivity index (χ1) is 11.7. The van der Waals surface area contributed by atoms with E-state index in [2.05, 4.69) is 5.32 Å². The molecule has 3 nitrogen and oxygen atoms in total. The van der Waals surface area contributed by atoms with Crippen molar-refractivity contribution in [3.8, 4) is 5.75 Å². The van der Waals surface area contributed by atoms with Crippen LogP contribution in [-0.2, 0) is 4.79 Å². The molecule has 0 radical (unpaired) electrons. The summed E-state index contributed by atoms with van der Waals surface area (Å²) in [4.78, 5) is 12.5. The van der Waals surface area contributed by atoms with E-state index in [-0.39, 0.29) is 21.7 Å². The van der Waals surface area contributed by atoms with E-state index in [9.17, 15) is 9.90 Å². The molecule has 0 heterocycles. The van der Waals surface area contributed by atoms with Crippen LogP contribution in [0.15, 0.2) is 42.5 Å². The Bertz CT molecular complexity index is 736. The molecule has 2 rings (SSSR count). The Morgan fingerprint density at radius 3 is 2.40 bits per heavy atom. The van der Waals surface area contributed by atoms with Crippen LogP contribution >= 0.6 is 11.8 Å². The SMILES string of the molecule is Cc1cc(C)c(O)c(N[C@H](CC(=O)SC(C)(C)C)c2ccccc2)c1. The molecule has 0 fully saturated rings. The number of nitrogens with one attached hydrogen (secondary N) is 1. The summed E-state index contributed by atoms with van der Waals surface area (Å²) in [6.07, 6.45) is 0.360. The summed E-state index contributed by atoms with van der Waals surface area (Å²) >= 11 is 1.36. The Morgan fingerprint density at radius 1 is 1.16 bits per heavy atom. The maximum atomic E-state index is 12.5. The van der Waals surface area contributed by atoms with E-state index in [0.29, 0.717) is 12.1 Å². The van der Waals surface area contributed by atoms with E-state index in [1.54, 1.807) is 0 Å². The molecule has 0 amide bonds. The van der Waals surface area contributed by atoms with Crippen molar-refractivity contribution in [1.29, 1.82) is 0 Å². The third-order valence-corrected chi connectivity index (χ3v) is 4.77. The summed E-state index contributed by atoms with van der Waals surface area (Å²) in [5.74, 6) is 0.238. The maximum Gasteiger partial charge on any atom is 0.191 e. The summed E-state index contributed by atoms with van der Waals surface area (Å²) in [5.41, 5.74) is 3.59. The predicted molar refractivity (Wildman–Crippen MR) is 107 cm³/mol. The topological polar surface area (TPSA) is 49.3 Å². The molecule has 2 aromatic rings. The van der Waals surface area contributed by atoms with Gasteiger partial charge in [0.2, 0.25) is 0 Å². The molecule has 1 atom stereocenters. The van der Waals surface area contributed by atoms with Crippen LogP contribution in [0.4, 0.5) is 5.69 Å². The van der Waals surface area contributed by atoms with Gasteiger partial charge in [-0.15, -0.1) is 0 Å². The zero-order chi connectivity index (χ0) is 18.6. The fourth-order valence-electron chi connectivity index (χ4n) is 2.75. The number of thioether (sulfide) groups is 1. The Balaban J connectivity index is 2.29. The number of benzene rings is 2. The smallest absolute Gasteiger partial charge is 0.191 e. The third-order valence-electron chi connectivity index (χ3n) is 3.77. The van der Waals surface area contributed by atoms with Gasteiger partial charge < -0.3 is 10.4 Å². The lowest BCUT2D eigenvalue weighted by molar-refractivity contribution is -0.111. The highest BCUT2D eigenvalue weighted by Gasteiger charge is 2.22. The second-order valence-electron chi connectivity index (χ2n) is 7.38. The highest BCUT2D eigenvalue weighted by molar-refractivity contribution is 8.14. The van der Waals surface area contributed by atoms with E-state index in [0.717, 1.165) is 16.7 Å². The second-order valence-corrected chi connectivity index (χ2v) is 9.26. The molecule has 2 N–H and O–H groups in total. The third kappa shape index (κ3) is 5.82. The number of hydrogen-bond donors (Lipinski definition) is 2. The van der Waals surface area contributed by atoms with Gasteiger partial charge in [0.15, 0.2) is 5.12 Å². The van der Waals surface area contributed by atoms with Gasteiger partial charge in [-0.1, -0.05) is 68.9 Å². The van der Waals surface area contributed by atoms with E-state index in [4.69, 9.17) is 0 Å². The quantitative estimate of drug-likeness (QED) is 0.683. The van der Waals surface area contributed by atoms with Crippen molar-refractivity contribution in [2.75, 3.05) is 5.32 Å². The van der Waals surface area contributed by atoms with Crippen LogP contribution in [0.3, 0.4) is 0 Å². The zero-order valence-electron chi connectivity index (χ0n) is 15.6. The molecule has 0 unspecified atom stereocenters. The molecule has 134 valence electrons. The molecule has 0 bridgehead atoms. The molecule has 2 aromatic carbocycles. The standard InChI is InChI=1S/C21H27NO2S/c1-14-11-15(2)20(24)18(12-14)22-17(16-9-7-6-8-10-16)13-19(23)25-21(3,4)5/h6-12,17,22,24H,13H2,1-5H3/t17-/m1/s1. The minimum Gasteiger partial charge on any atom is -0.506 e. The van der Waals surface area contributed by atoms with Gasteiger partial charge in [0.05, 0.1) is 11.7 Å². The van der Waals surface area contributed by atoms with Gasteiger partial charge in [0.1, 0.15) is 5.75 Å². The Labute approximate surface area is 154 Å². The highest BCUT2D eigenvalue weighted by atomic mass is 32.2. The minimum absolute atomic E-state index is 0.111. The molecular formula is C21H27NO2S. The first-order valence-corrected chi connectivity index (χ1v) is 9.31. The van der Waals surface area contributed by atoms with Gasteiger partial charge in [-0.05, 0) is 36.6 Å². The molecule has 0 aliphatic rings. The molecular weight excluding hydrogens is 330 g/mol. The van der Waals surface area contributed by atoms with Gasteiger partial charge in [-0.3, -0.25) is 4.79 Å². The van der Waals surface area contributed by atoms with Crippen molar-refractivity contribution < 1.29 is 9.90 Å². The number of phenolic OH excluding ortho intramolecular Hbond substituents is 1. The number of anilines is 1. The number of carbonyl (C=O) groups is 1. The zero-order valence-corrected chi connectivity index (χ0v) is 16.4. The van der Waals surface area contributed by atoms with Gasteiger partial charge in [0, 0.05) is 11.2 Å². The largest absolute Gasteiger partial charge is 0.506 e. The fraction of sp³-hybridized carbons (Fsp3) is 0.381. The summed E-state index contributed by atoms with van der Waals surface area (Å²) in [6.45, 7) is 9.99. The monoisotopic (exact) mass is 357 g/mol. The Kier molecular flexibility index (Phi) is 6.17. The number of phenols is 1. The lowest BCUT2D eigenvalue weighted by Crippen LogP contribution is -2.18. The molecule has 4 heteroatoms. The maximum absolute atomic E-state index is 12.5. The van der Waals surface area contributed by atoms with E-state index in [1.807, 2.05) is 77.1 Å². The van der Waals surface area contributed by atoms with Crippen molar-refractivity contribution in [2.24, 2.45) is 0 Å². The average Bonchev–Trinajstić information content (AvgIpc) is 2.50. The Hall–Kier alpha value is -1.94. The number of aryl methyl sites for hydroxylation is 2. The minimum atomic E-state index is -0.185. The Morgan fingerprint density at radius 2 is 1.80 bits per heavy atom. The van der Waals surface area contributed by atoms with Gasteiger partial charge in [0.25, 0.3) is 0 Å². The fourth-order valence-corrected chi connectivity index (χ4v) is 3.68. The second kappa shape index (κ2) is 7.96. The van der Waals surface area contributed by atoms with Crippen LogP contribution in [0.1, 0.15) is 49.9 Å². The molecule has 0 aromatic heterocycles. The molecule has 25 heavy (non-hydrogen) atoms. The van der Waals surface area contributed by atoms with E-state index >= 15 is 0 Å². The van der Waals surface area contributed by atoms with E-state index < -0.39 is 0 Å². The summed E-state index contributed by atoms with van der Waals surface area (Å²) < 4.78 is -0.111. The van der Waals surface area contributed by atoms with Crippen molar-refractivity contribution in [3.05, 3.63) is 59.2 Å². The van der Waals surface area contributed by atoms with Crippen LogP contribution in [0.5, 0.6) is 5.75 Å². The summed E-state index contributed by atoms with van der Waals surface area (Å²) in [7, 11) is 0. The van der Waals surface area contributed by atoms with Crippen LogP contribution < -0.4 is 5.32 Å². The van der Waals surface area contributed by atoms with Crippen molar-refractivity contribution >= 4 is 22.6 Å². The molecule has 0 aliphatic carbocycles.